The summed E-state index contributed by atoms with van der Waals surface area (Å²) in [6, 6.07) is 10.3. The molecule has 3 nitrogen and oxygen atoms in total. The molecule has 0 amide bonds. The van der Waals surface area contributed by atoms with Crippen LogP contribution in [0.1, 0.15) is 12.8 Å². The zero-order valence-corrected chi connectivity index (χ0v) is 10.2. The standard InChI is InChI=1S/C15H16N2O/c1-2-9-18-14(5-1)11-17-13-6-7-15-12(10-13)4-3-8-16-15/h2-4,6-10,14,17H,1,5,11H2. The first-order chi connectivity index (χ1) is 8.92. The molecule has 0 saturated heterocycles. The Hall–Kier alpha value is -2.03. The van der Waals surface area contributed by atoms with Crippen LogP contribution in [0.3, 0.4) is 0 Å². The summed E-state index contributed by atoms with van der Waals surface area (Å²) >= 11 is 0. The number of hydrogen-bond donors (Lipinski definition) is 1. The summed E-state index contributed by atoms with van der Waals surface area (Å²) in [5.41, 5.74) is 2.15. The highest BCUT2D eigenvalue weighted by Crippen LogP contribution is 2.18. The number of anilines is 1. The highest BCUT2D eigenvalue weighted by molar-refractivity contribution is 5.82. The van der Waals surface area contributed by atoms with Gasteiger partial charge in [0.1, 0.15) is 6.10 Å². The van der Waals surface area contributed by atoms with Gasteiger partial charge in [0.25, 0.3) is 0 Å². The molecular formula is C15H16N2O. The van der Waals surface area contributed by atoms with E-state index in [1.54, 1.807) is 6.26 Å². The third-order valence-corrected chi connectivity index (χ3v) is 3.16. The van der Waals surface area contributed by atoms with Crippen LogP contribution in [0.5, 0.6) is 0 Å². The minimum Gasteiger partial charge on any atom is -0.497 e. The third kappa shape index (κ3) is 2.45. The molecule has 0 spiro atoms. The Balaban J connectivity index is 1.69. The molecule has 1 unspecified atom stereocenters. The lowest BCUT2D eigenvalue weighted by Crippen LogP contribution is -2.22. The summed E-state index contributed by atoms with van der Waals surface area (Å²) in [5.74, 6) is 0. The van der Waals surface area contributed by atoms with E-state index in [0.29, 0.717) is 0 Å². The number of pyridine rings is 1. The van der Waals surface area contributed by atoms with Crippen LogP contribution in [0.2, 0.25) is 0 Å². The summed E-state index contributed by atoms with van der Waals surface area (Å²) < 4.78 is 5.53. The molecule has 3 rings (SSSR count). The van der Waals surface area contributed by atoms with Crippen molar-refractivity contribution < 1.29 is 4.74 Å². The molecule has 1 atom stereocenters. The van der Waals surface area contributed by atoms with E-state index < -0.39 is 0 Å². The number of fused-ring (bicyclic) bond motifs is 1. The van der Waals surface area contributed by atoms with Gasteiger partial charge in [0.05, 0.1) is 18.3 Å². The van der Waals surface area contributed by atoms with E-state index in [0.717, 1.165) is 36.0 Å². The minimum atomic E-state index is 0.277. The van der Waals surface area contributed by atoms with Crippen molar-refractivity contribution in [3.05, 3.63) is 48.9 Å². The number of ether oxygens (including phenoxy) is 1. The molecule has 1 aliphatic rings. The maximum Gasteiger partial charge on any atom is 0.115 e. The SMILES string of the molecule is C1=COC(CNc2ccc3ncccc3c2)CC1. The van der Waals surface area contributed by atoms with Gasteiger partial charge in [-0.15, -0.1) is 0 Å². The van der Waals surface area contributed by atoms with Crippen molar-refractivity contribution in [2.45, 2.75) is 18.9 Å². The van der Waals surface area contributed by atoms with Crippen LogP contribution in [0, 0.1) is 0 Å². The predicted octanol–water partition coefficient (Wildman–Crippen LogP) is 3.34. The van der Waals surface area contributed by atoms with Crippen LogP contribution in [0.25, 0.3) is 10.9 Å². The van der Waals surface area contributed by atoms with Gasteiger partial charge in [-0.1, -0.05) is 6.07 Å². The van der Waals surface area contributed by atoms with Crippen molar-refractivity contribution in [2.24, 2.45) is 0 Å². The van der Waals surface area contributed by atoms with E-state index in [1.165, 1.54) is 0 Å². The number of nitrogens with one attached hydrogen (secondary N) is 1. The molecule has 0 fully saturated rings. The molecule has 92 valence electrons. The van der Waals surface area contributed by atoms with Gasteiger partial charge in [-0.3, -0.25) is 4.98 Å². The number of rotatable bonds is 3. The van der Waals surface area contributed by atoms with E-state index in [9.17, 15) is 0 Å². The molecule has 1 aromatic carbocycles. The summed E-state index contributed by atoms with van der Waals surface area (Å²) in [5, 5.41) is 4.58. The third-order valence-electron chi connectivity index (χ3n) is 3.16. The molecule has 3 heteroatoms. The highest BCUT2D eigenvalue weighted by atomic mass is 16.5. The average Bonchev–Trinajstić information content (AvgIpc) is 2.46. The lowest BCUT2D eigenvalue weighted by atomic mass is 10.1. The first-order valence-electron chi connectivity index (χ1n) is 6.31. The molecule has 0 aliphatic carbocycles. The van der Waals surface area contributed by atoms with Crippen molar-refractivity contribution >= 4 is 16.6 Å². The minimum absolute atomic E-state index is 0.277. The maximum absolute atomic E-state index is 5.53. The zero-order chi connectivity index (χ0) is 12.2. The van der Waals surface area contributed by atoms with Gasteiger partial charge in [-0.05, 0) is 43.2 Å². The number of hydrogen-bond acceptors (Lipinski definition) is 3. The first kappa shape index (κ1) is 11.1. The van der Waals surface area contributed by atoms with E-state index in [-0.39, 0.29) is 6.10 Å². The van der Waals surface area contributed by atoms with Crippen LogP contribution in [0.15, 0.2) is 48.9 Å². The van der Waals surface area contributed by atoms with Crippen molar-refractivity contribution in [3.63, 3.8) is 0 Å². The van der Waals surface area contributed by atoms with Gasteiger partial charge in [0.15, 0.2) is 0 Å². The van der Waals surface area contributed by atoms with E-state index in [2.05, 4.69) is 34.6 Å². The smallest absolute Gasteiger partial charge is 0.115 e. The summed E-state index contributed by atoms with van der Waals surface area (Å²) in [6.07, 6.45) is 8.15. The topological polar surface area (TPSA) is 34.1 Å². The van der Waals surface area contributed by atoms with Gasteiger partial charge in [-0.2, -0.15) is 0 Å². The molecule has 2 heterocycles. The summed E-state index contributed by atoms with van der Waals surface area (Å²) in [6.45, 7) is 0.843. The average molecular weight is 240 g/mol. The van der Waals surface area contributed by atoms with Gasteiger partial charge in [-0.25, -0.2) is 0 Å². The Morgan fingerprint density at radius 1 is 1.33 bits per heavy atom. The lowest BCUT2D eigenvalue weighted by molar-refractivity contribution is 0.135. The summed E-state index contributed by atoms with van der Waals surface area (Å²) in [4.78, 5) is 4.31. The van der Waals surface area contributed by atoms with E-state index in [4.69, 9.17) is 4.74 Å². The van der Waals surface area contributed by atoms with Gasteiger partial charge in [0, 0.05) is 17.3 Å². The number of benzene rings is 1. The number of allylic oxidation sites excluding steroid dienone is 1. The van der Waals surface area contributed by atoms with Crippen LogP contribution in [0.4, 0.5) is 5.69 Å². The number of aromatic nitrogens is 1. The second-order valence-electron chi connectivity index (χ2n) is 4.50. The maximum atomic E-state index is 5.53. The Labute approximate surface area is 106 Å². The fourth-order valence-corrected chi connectivity index (χ4v) is 2.15. The van der Waals surface area contributed by atoms with Crippen LogP contribution in [-0.4, -0.2) is 17.6 Å². The van der Waals surface area contributed by atoms with Crippen LogP contribution < -0.4 is 5.32 Å². The van der Waals surface area contributed by atoms with Crippen molar-refractivity contribution in [1.82, 2.24) is 4.98 Å². The Morgan fingerprint density at radius 3 is 3.22 bits per heavy atom. The van der Waals surface area contributed by atoms with E-state index in [1.807, 2.05) is 18.3 Å². The lowest BCUT2D eigenvalue weighted by Gasteiger charge is -2.20. The fourth-order valence-electron chi connectivity index (χ4n) is 2.15. The van der Waals surface area contributed by atoms with Crippen molar-refractivity contribution in [1.29, 1.82) is 0 Å². The van der Waals surface area contributed by atoms with Crippen LogP contribution in [-0.2, 0) is 4.74 Å². The quantitative estimate of drug-likeness (QED) is 0.893. The molecule has 18 heavy (non-hydrogen) atoms. The second kappa shape index (κ2) is 5.08. The molecule has 1 aromatic heterocycles. The van der Waals surface area contributed by atoms with Crippen molar-refractivity contribution in [3.8, 4) is 0 Å². The highest BCUT2D eigenvalue weighted by Gasteiger charge is 2.10. The van der Waals surface area contributed by atoms with Gasteiger partial charge >= 0.3 is 0 Å². The number of nitrogens with zero attached hydrogens (tertiary/aromatic N) is 1. The second-order valence-corrected chi connectivity index (χ2v) is 4.50. The Morgan fingerprint density at radius 2 is 2.33 bits per heavy atom. The molecule has 0 bridgehead atoms. The molecule has 1 N–H and O–H groups in total. The first-order valence-corrected chi connectivity index (χ1v) is 6.31. The van der Waals surface area contributed by atoms with Crippen LogP contribution >= 0.6 is 0 Å². The molecular weight excluding hydrogens is 224 g/mol. The van der Waals surface area contributed by atoms with Crippen molar-refractivity contribution in [2.75, 3.05) is 11.9 Å². The molecule has 1 aliphatic heterocycles. The van der Waals surface area contributed by atoms with Gasteiger partial charge in [0.2, 0.25) is 0 Å². The predicted molar refractivity (Wildman–Crippen MR) is 73.5 cm³/mol. The molecule has 0 saturated carbocycles. The Bertz CT molecular complexity index is 565. The summed E-state index contributed by atoms with van der Waals surface area (Å²) in [7, 11) is 0. The zero-order valence-electron chi connectivity index (χ0n) is 10.2. The Kier molecular flexibility index (Phi) is 3.13. The largest absolute Gasteiger partial charge is 0.497 e. The fraction of sp³-hybridized carbons (Fsp3) is 0.267. The monoisotopic (exact) mass is 240 g/mol. The molecule has 0 radical (unpaired) electrons. The molecule has 2 aromatic rings. The van der Waals surface area contributed by atoms with E-state index >= 15 is 0 Å². The normalized spacial score (nSPS) is 18.6. The van der Waals surface area contributed by atoms with Gasteiger partial charge < -0.3 is 10.1 Å².